The Morgan fingerprint density at radius 1 is 1.28 bits per heavy atom. The number of hydrogen-bond donors (Lipinski definition) is 3. The van der Waals surface area contributed by atoms with E-state index in [1.165, 1.54) is 12.5 Å². The molecule has 5 nitrogen and oxygen atoms in total. The van der Waals surface area contributed by atoms with Gasteiger partial charge in [0.25, 0.3) is 0 Å². The summed E-state index contributed by atoms with van der Waals surface area (Å²) in [5.74, 6) is -0.118. The maximum Gasteiger partial charge on any atom is 0.242 e. The molecule has 0 spiro atoms. The number of rotatable bonds is 4. The third-order valence-electron chi connectivity index (χ3n) is 2.89. The maximum atomic E-state index is 11.9. The molecule has 18 heavy (non-hydrogen) atoms. The lowest BCUT2D eigenvalue weighted by molar-refractivity contribution is -0.122. The molecular weight excluding hydrogens is 230 g/mol. The average Bonchev–Trinajstić information content (AvgIpc) is 2.78. The minimum Gasteiger partial charge on any atom is -0.373 e. The Bertz CT molecular complexity index is 434. The molecule has 0 fully saturated rings. The van der Waals surface area contributed by atoms with Crippen LogP contribution < -0.4 is 16.0 Å². The van der Waals surface area contributed by atoms with Crippen LogP contribution in [0.5, 0.6) is 0 Å². The molecule has 3 N–H and O–H groups in total. The predicted octanol–water partition coefficient (Wildman–Crippen LogP) is 0.276. The Kier molecular flexibility index (Phi) is 3.82. The lowest BCUT2D eigenvalue weighted by atomic mass is 10.1. The Morgan fingerprint density at radius 3 is 2.72 bits per heavy atom. The molecule has 96 valence electrons. The van der Waals surface area contributed by atoms with Crippen LogP contribution in [0.25, 0.3) is 0 Å². The standard InChI is InChI=1S/C13H17N3O2/c1-9(17)14-6-7-15-13(18)12-8-10-4-2-3-5-11(10)16-12/h2-5,12,16H,6-8H2,1H3,(H,14,17)(H,15,18). The van der Waals surface area contributed by atoms with Gasteiger partial charge in [-0.1, -0.05) is 18.2 Å². The van der Waals surface area contributed by atoms with Crippen LogP contribution in [-0.2, 0) is 16.0 Å². The van der Waals surface area contributed by atoms with Crippen LogP contribution >= 0.6 is 0 Å². The topological polar surface area (TPSA) is 70.2 Å². The van der Waals surface area contributed by atoms with Crippen molar-refractivity contribution >= 4 is 17.5 Å². The van der Waals surface area contributed by atoms with E-state index in [1.807, 2.05) is 24.3 Å². The monoisotopic (exact) mass is 247 g/mol. The second-order valence-electron chi connectivity index (χ2n) is 4.33. The highest BCUT2D eigenvalue weighted by Crippen LogP contribution is 2.24. The zero-order valence-electron chi connectivity index (χ0n) is 10.3. The molecule has 0 aromatic heterocycles. The van der Waals surface area contributed by atoms with E-state index in [0.29, 0.717) is 19.5 Å². The molecule has 1 heterocycles. The summed E-state index contributed by atoms with van der Waals surface area (Å²) in [7, 11) is 0. The number of para-hydroxylation sites is 1. The number of nitrogens with one attached hydrogen (secondary N) is 3. The van der Waals surface area contributed by atoms with Crippen molar-refractivity contribution in [1.29, 1.82) is 0 Å². The van der Waals surface area contributed by atoms with Gasteiger partial charge in [-0.2, -0.15) is 0 Å². The molecule has 2 rings (SSSR count). The molecule has 1 unspecified atom stereocenters. The summed E-state index contributed by atoms with van der Waals surface area (Å²) in [4.78, 5) is 22.5. The van der Waals surface area contributed by atoms with Crippen LogP contribution in [0.2, 0.25) is 0 Å². The summed E-state index contributed by atoms with van der Waals surface area (Å²) in [6.45, 7) is 2.37. The number of fused-ring (bicyclic) bond motifs is 1. The average molecular weight is 247 g/mol. The fourth-order valence-electron chi connectivity index (χ4n) is 2.00. The summed E-state index contributed by atoms with van der Waals surface area (Å²) < 4.78 is 0. The van der Waals surface area contributed by atoms with Gasteiger partial charge in [-0.05, 0) is 11.6 Å². The van der Waals surface area contributed by atoms with E-state index in [4.69, 9.17) is 0 Å². The number of hydrogen-bond acceptors (Lipinski definition) is 3. The fraction of sp³-hybridized carbons (Fsp3) is 0.385. The van der Waals surface area contributed by atoms with Gasteiger partial charge >= 0.3 is 0 Å². The highest BCUT2D eigenvalue weighted by atomic mass is 16.2. The molecule has 5 heteroatoms. The van der Waals surface area contributed by atoms with Crippen LogP contribution in [0.1, 0.15) is 12.5 Å². The summed E-state index contributed by atoms with van der Waals surface area (Å²) in [5, 5.41) is 8.62. The Hall–Kier alpha value is -2.04. The number of anilines is 1. The van der Waals surface area contributed by atoms with Crippen molar-refractivity contribution in [2.24, 2.45) is 0 Å². The van der Waals surface area contributed by atoms with E-state index < -0.39 is 0 Å². The molecule has 1 aromatic carbocycles. The van der Waals surface area contributed by atoms with Crippen LogP contribution in [0.15, 0.2) is 24.3 Å². The highest BCUT2D eigenvalue weighted by Gasteiger charge is 2.25. The van der Waals surface area contributed by atoms with Crippen LogP contribution in [0.3, 0.4) is 0 Å². The van der Waals surface area contributed by atoms with E-state index in [1.54, 1.807) is 0 Å². The Morgan fingerprint density at radius 2 is 2.00 bits per heavy atom. The van der Waals surface area contributed by atoms with E-state index in [-0.39, 0.29) is 17.9 Å². The number of amides is 2. The normalized spacial score (nSPS) is 16.6. The van der Waals surface area contributed by atoms with Gasteiger partial charge in [0.05, 0.1) is 0 Å². The predicted molar refractivity (Wildman–Crippen MR) is 69.3 cm³/mol. The van der Waals surface area contributed by atoms with Gasteiger partial charge in [0.1, 0.15) is 6.04 Å². The molecule has 1 aliphatic rings. The highest BCUT2D eigenvalue weighted by molar-refractivity contribution is 5.87. The molecule has 0 radical (unpaired) electrons. The van der Waals surface area contributed by atoms with Crippen molar-refractivity contribution in [3.05, 3.63) is 29.8 Å². The second-order valence-corrected chi connectivity index (χ2v) is 4.33. The largest absolute Gasteiger partial charge is 0.373 e. The smallest absolute Gasteiger partial charge is 0.242 e. The quantitative estimate of drug-likeness (QED) is 0.669. The molecule has 0 aliphatic carbocycles. The van der Waals surface area contributed by atoms with Gasteiger partial charge in [-0.3, -0.25) is 9.59 Å². The van der Waals surface area contributed by atoms with Crippen molar-refractivity contribution in [2.45, 2.75) is 19.4 Å². The first-order valence-electron chi connectivity index (χ1n) is 6.03. The van der Waals surface area contributed by atoms with E-state index in [9.17, 15) is 9.59 Å². The van der Waals surface area contributed by atoms with Crippen molar-refractivity contribution in [3.63, 3.8) is 0 Å². The summed E-state index contributed by atoms with van der Waals surface area (Å²) in [5.41, 5.74) is 2.19. The van der Waals surface area contributed by atoms with E-state index in [2.05, 4.69) is 16.0 Å². The Balaban J connectivity index is 1.77. The molecule has 0 bridgehead atoms. The van der Waals surface area contributed by atoms with E-state index >= 15 is 0 Å². The molecular formula is C13H17N3O2. The third kappa shape index (κ3) is 3.00. The van der Waals surface area contributed by atoms with Gasteiger partial charge in [0.15, 0.2) is 0 Å². The fourth-order valence-corrected chi connectivity index (χ4v) is 2.00. The molecule has 1 aromatic rings. The van der Waals surface area contributed by atoms with Gasteiger partial charge < -0.3 is 16.0 Å². The van der Waals surface area contributed by atoms with Gasteiger partial charge in [-0.15, -0.1) is 0 Å². The molecule has 0 saturated carbocycles. The first-order chi connectivity index (χ1) is 8.66. The van der Waals surface area contributed by atoms with Gasteiger partial charge in [-0.25, -0.2) is 0 Å². The van der Waals surface area contributed by atoms with Crippen molar-refractivity contribution in [1.82, 2.24) is 10.6 Å². The first kappa shape index (κ1) is 12.4. The second kappa shape index (κ2) is 5.53. The zero-order chi connectivity index (χ0) is 13.0. The van der Waals surface area contributed by atoms with Crippen LogP contribution in [0, 0.1) is 0 Å². The molecule has 2 amide bonds. The van der Waals surface area contributed by atoms with Crippen LogP contribution in [-0.4, -0.2) is 30.9 Å². The lowest BCUT2D eigenvalue weighted by Gasteiger charge is -2.11. The summed E-state index contributed by atoms with van der Waals surface area (Å²) >= 11 is 0. The third-order valence-corrected chi connectivity index (χ3v) is 2.89. The number of carbonyl (C=O) groups excluding carboxylic acids is 2. The Labute approximate surface area is 106 Å². The molecule has 1 aliphatic heterocycles. The SMILES string of the molecule is CC(=O)NCCNC(=O)C1Cc2ccccc2N1. The lowest BCUT2D eigenvalue weighted by Crippen LogP contribution is -2.41. The van der Waals surface area contributed by atoms with Crippen molar-refractivity contribution in [2.75, 3.05) is 18.4 Å². The number of benzene rings is 1. The minimum absolute atomic E-state index is 0.0310. The van der Waals surface area contributed by atoms with Gasteiger partial charge in [0.2, 0.25) is 11.8 Å². The summed E-state index contributed by atoms with van der Waals surface area (Å²) in [6.07, 6.45) is 0.710. The number of carbonyl (C=O) groups is 2. The van der Waals surface area contributed by atoms with Crippen LogP contribution in [0.4, 0.5) is 5.69 Å². The van der Waals surface area contributed by atoms with Gasteiger partial charge in [0, 0.05) is 32.1 Å². The zero-order valence-corrected chi connectivity index (χ0v) is 10.3. The molecule has 0 saturated heterocycles. The van der Waals surface area contributed by atoms with Crippen molar-refractivity contribution < 1.29 is 9.59 Å². The maximum absolute atomic E-state index is 11.9. The van der Waals surface area contributed by atoms with Crippen molar-refractivity contribution in [3.8, 4) is 0 Å². The summed E-state index contributed by atoms with van der Waals surface area (Å²) in [6, 6.07) is 7.70. The van der Waals surface area contributed by atoms with E-state index in [0.717, 1.165) is 5.69 Å². The molecule has 1 atom stereocenters. The first-order valence-corrected chi connectivity index (χ1v) is 6.03. The minimum atomic E-state index is -0.209.